The van der Waals surface area contributed by atoms with Crippen LogP contribution in [0.2, 0.25) is 0 Å². The Morgan fingerprint density at radius 2 is 1.94 bits per heavy atom. The topological polar surface area (TPSA) is 24.5 Å². The Labute approximate surface area is 94.9 Å². The summed E-state index contributed by atoms with van der Waals surface area (Å²) in [4.78, 5) is 2.05. The first-order chi connectivity index (χ1) is 7.31. The molecule has 1 atom stereocenters. The molecule has 3 nitrogen and oxygen atoms in total. The Hall–Kier alpha value is -0.330. The maximum Gasteiger partial charge on any atom is 0.411 e. The van der Waals surface area contributed by atoms with Crippen molar-refractivity contribution in [2.45, 2.75) is 25.6 Å². The maximum atomic E-state index is 11.7. The monoisotopic (exact) mass is 242 g/mol. The Bertz CT molecular complexity index is 174. The second-order valence-corrected chi connectivity index (χ2v) is 4.14. The van der Waals surface area contributed by atoms with E-state index in [1.54, 1.807) is 0 Å². The SMILES string of the molecule is CC(CN(C)C)NCCCOCC(F)(F)F. The number of halogens is 3. The summed E-state index contributed by atoms with van der Waals surface area (Å²) in [5.74, 6) is 0. The quantitative estimate of drug-likeness (QED) is 0.653. The van der Waals surface area contributed by atoms with E-state index < -0.39 is 12.8 Å². The van der Waals surface area contributed by atoms with E-state index in [0.717, 1.165) is 6.54 Å². The maximum absolute atomic E-state index is 11.7. The van der Waals surface area contributed by atoms with Crippen LogP contribution in [0.15, 0.2) is 0 Å². The lowest BCUT2D eigenvalue weighted by Crippen LogP contribution is -2.36. The summed E-state index contributed by atoms with van der Waals surface area (Å²) in [6.45, 7) is 2.61. The van der Waals surface area contributed by atoms with E-state index in [2.05, 4.69) is 15.0 Å². The minimum Gasteiger partial charge on any atom is -0.372 e. The Kier molecular flexibility index (Phi) is 7.70. The molecule has 1 unspecified atom stereocenters. The predicted molar refractivity (Wildman–Crippen MR) is 57.5 cm³/mol. The van der Waals surface area contributed by atoms with Gasteiger partial charge < -0.3 is 15.0 Å². The molecule has 0 aliphatic rings. The Balaban J connectivity index is 3.27. The van der Waals surface area contributed by atoms with Crippen molar-refractivity contribution in [3.63, 3.8) is 0 Å². The summed E-state index contributed by atoms with van der Waals surface area (Å²) in [6, 6.07) is 0.331. The van der Waals surface area contributed by atoms with E-state index in [1.807, 2.05) is 21.0 Å². The van der Waals surface area contributed by atoms with Crippen molar-refractivity contribution in [2.75, 3.05) is 40.4 Å². The van der Waals surface area contributed by atoms with Crippen molar-refractivity contribution in [2.24, 2.45) is 0 Å². The molecule has 0 aromatic heterocycles. The second-order valence-electron chi connectivity index (χ2n) is 4.14. The van der Waals surface area contributed by atoms with Crippen LogP contribution in [0.25, 0.3) is 0 Å². The van der Waals surface area contributed by atoms with Gasteiger partial charge >= 0.3 is 6.18 Å². The Morgan fingerprint density at radius 3 is 2.44 bits per heavy atom. The lowest BCUT2D eigenvalue weighted by Gasteiger charge is -2.18. The first-order valence-corrected chi connectivity index (χ1v) is 5.34. The van der Waals surface area contributed by atoms with E-state index in [4.69, 9.17) is 0 Å². The van der Waals surface area contributed by atoms with Crippen molar-refractivity contribution in [1.29, 1.82) is 0 Å². The van der Waals surface area contributed by atoms with Crippen molar-refractivity contribution in [3.05, 3.63) is 0 Å². The van der Waals surface area contributed by atoms with Gasteiger partial charge in [-0.2, -0.15) is 13.2 Å². The fourth-order valence-corrected chi connectivity index (χ4v) is 1.32. The molecule has 0 heterocycles. The third-order valence-electron chi connectivity index (χ3n) is 1.86. The van der Waals surface area contributed by atoms with Crippen LogP contribution < -0.4 is 5.32 Å². The Morgan fingerprint density at radius 1 is 1.31 bits per heavy atom. The molecule has 0 saturated heterocycles. The van der Waals surface area contributed by atoms with Crippen LogP contribution >= 0.6 is 0 Å². The summed E-state index contributed by atoms with van der Waals surface area (Å²) in [5, 5.41) is 3.21. The smallest absolute Gasteiger partial charge is 0.372 e. The second kappa shape index (κ2) is 7.86. The lowest BCUT2D eigenvalue weighted by molar-refractivity contribution is -0.173. The average Bonchev–Trinajstić information content (AvgIpc) is 2.07. The summed E-state index contributed by atoms with van der Waals surface area (Å²) >= 11 is 0. The number of rotatable bonds is 8. The zero-order valence-electron chi connectivity index (χ0n) is 10.1. The van der Waals surface area contributed by atoms with Crippen LogP contribution in [-0.4, -0.2) is 57.5 Å². The minimum atomic E-state index is -4.22. The molecule has 0 amide bonds. The highest BCUT2D eigenvalue weighted by Gasteiger charge is 2.27. The molecule has 0 aliphatic heterocycles. The number of ether oxygens (including phenoxy) is 1. The molecule has 16 heavy (non-hydrogen) atoms. The normalized spacial score (nSPS) is 14.4. The minimum absolute atomic E-state index is 0.140. The predicted octanol–water partition coefficient (Wildman–Crippen LogP) is 1.50. The van der Waals surface area contributed by atoms with E-state index in [0.29, 0.717) is 19.0 Å². The molecule has 6 heteroatoms. The van der Waals surface area contributed by atoms with Gasteiger partial charge in [0.1, 0.15) is 6.61 Å². The van der Waals surface area contributed by atoms with E-state index in [-0.39, 0.29) is 6.61 Å². The first kappa shape index (κ1) is 15.7. The summed E-state index contributed by atoms with van der Waals surface area (Å²) in [7, 11) is 3.95. The third kappa shape index (κ3) is 11.7. The molecular formula is C10H21F3N2O. The molecule has 98 valence electrons. The fraction of sp³-hybridized carbons (Fsp3) is 1.00. The highest BCUT2D eigenvalue weighted by Crippen LogP contribution is 2.14. The number of hydrogen-bond acceptors (Lipinski definition) is 3. The van der Waals surface area contributed by atoms with Crippen molar-refractivity contribution < 1.29 is 17.9 Å². The van der Waals surface area contributed by atoms with Crippen molar-refractivity contribution in [3.8, 4) is 0 Å². The molecule has 0 saturated carbocycles. The van der Waals surface area contributed by atoms with Gasteiger partial charge in [-0.3, -0.25) is 0 Å². The fourth-order valence-electron chi connectivity index (χ4n) is 1.32. The highest BCUT2D eigenvalue weighted by molar-refractivity contribution is 4.62. The molecule has 0 fully saturated rings. The van der Waals surface area contributed by atoms with Gasteiger partial charge in [-0.15, -0.1) is 0 Å². The molecule has 1 N–H and O–H groups in total. The molecule has 0 aromatic rings. The number of likely N-dealkylation sites (N-methyl/N-ethyl adjacent to an activating group) is 1. The van der Waals surface area contributed by atoms with Crippen LogP contribution in [0.3, 0.4) is 0 Å². The average molecular weight is 242 g/mol. The molecule has 0 spiro atoms. The largest absolute Gasteiger partial charge is 0.411 e. The van der Waals surface area contributed by atoms with Crippen molar-refractivity contribution in [1.82, 2.24) is 10.2 Å². The van der Waals surface area contributed by atoms with Gasteiger partial charge in [0.15, 0.2) is 0 Å². The number of hydrogen-bond donors (Lipinski definition) is 1. The van der Waals surface area contributed by atoms with Gasteiger partial charge in [-0.25, -0.2) is 0 Å². The number of alkyl halides is 3. The van der Waals surface area contributed by atoms with Crippen LogP contribution in [0.5, 0.6) is 0 Å². The zero-order chi connectivity index (χ0) is 12.6. The number of nitrogens with zero attached hydrogens (tertiary/aromatic N) is 1. The van der Waals surface area contributed by atoms with Gasteiger partial charge in [0.2, 0.25) is 0 Å². The van der Waals surface area contributed by atoms with Gasteiger partial charge in [0.25, 0.3) is 0 Å². The summed E-state index contributed by atoms with van der Waals surface area (Å²) < 4.78 is 39.6. The lowest BCUT2D eigenvalue weighted by atomic mass is 10.3. The van der Waals surface area contributed by atoms with Crippen LogP contribution in [0.1, 0.15) is 13.3 Å². The number of nitrogens with one attached hydrogen (secondary N) is 1. The van der Waals surface area contributed by atoms with Crippen LogP contribution in [0, 0.1) is 0 Å². The van der Waals surface area contributed by atoms with Crippen molar-refractivity contribution >= 4 is 0 Å². The van der Waals surface area contributed by atoms with Gasteiger partial charge in [0, 0.05) is 19.2 Å². The molecule has 0 aromatic carbocycles. The molecular weight excluding hydrogens is 221 g/mol. The van der Waals surface area contributed by atoms with Gasteiger partial charge in [-0.05, 0) is 34.0 Å². The third-order valence-corrected chi connectivity index (χ3v) is 1.86. The van der Waals surface area contributed by atoms with E-state index >= 15 is 0 Å². The summed E-state index contributed by atoms with van der Waals surface area (Å²) in [6.07, 6.45) is -3.63. The van der Waals surface area contributed by atoms with Crippen LogP contribution in [0.4, 0.5) is 13.2 Å². The molecule has 0 radical (unpaired) electrons. The molecule has 0 aliphatic carbocycles. The highest BCUT2D eigenvalue weighted by atomic mass is 19.4. The summed E-state index contributed by atoms with van der Waals surface area (Å²) in [5.41, 5.74) is 0. The van der Waals surface area contributed by atoms with E-state index in [9.17, 15) is 13.2 Å². The molecule has 0 bridgehead atoms. The standard InChI is InChI=1S/C10H21F3N2O/c1-9(7-15(2)3)14-5-4-6-16-8-10(11,12)13/h9,14H,4-8H2,1-3H3. The molecule has 0 rings (SSSR count). The zero-order valence-corrected chi connectivity index (χ0v) is 10.1. The van der Waals surface area contributed by atoms with Crippen LogP contribution in [-0.2, 0) is 4.74 Å². The van der Waals surface area contributed by atoms with Gasteiger partial charge in [0.05, 0.1) is 0 Å². The van der Waals surface area contributed by atoms with E-state index in [1.165, 1.54) is 0 Å². The van der Waals surface area contributed by atoms with Gasteiger partial charge in [-0.1, -0.05) is 0 Å². The first-order valence-electron chi connectivity index (χ1n) is 5.34.